The van der Waals surface area contributed by atoms with Gasteiger partial charge in [0.2, 0.25) is 0 Å². The number of carbonyl (C=O) groups is 1. The first-order valence-corrected chi connectivity index (χ1v) is 11.6. The van der Waals surface area contributed by atoms with Gasteiger partial charge in [0.05, 0.1) is 25.0 Å². The van der Waals surface area contributed by atoms with Gasteiger partial charge in [0, 0.05) is 51.3 Å². The highest BCUT2D eigenvalue weighted by Crippen LogP contribution is 2.25. The Bertz CT molecular complexity index is 1260. The standard InChI is InChI=1S/C27H31N5O3/c1-20-27(31(16-17-34-2)18-21-7-10-24(35-3)11-8-21)32-19-22(9-12-25(32)30-20)26(33)29-15-13-23-6-4-5-14-28-23/h4-12,14,19H,13,15-18H2,1-3H3,(H,29,33). The van der Waals surface area contributed by atoms with E-state index in [0.29, 0.717) is 38.2 Å². The molecule has 8 nitrogen and oxygen atoms in total. The number of aromatic nitrogens is 3. The molecule has 4 aromatic rings. The predicted molar refractivity (Wildman–Crippen MR) is 136 cm³/mol. The molecule has 0 atom stereocenters. The number of rotatable bonds is 11. The fourth-order valence-electron chi connectivity index (χ4n) is 4.03. The number of fused-ring (bicyclic) bond motifs is 1. The number of methoxy groups -OCH3 is 2. The summed E-state index contributed by atoms with van der Waals surface area (Å²) in [6, 6.07) is 17.5. The lowest BCUT2D eigenvalue weighted by Gasteiger charge is -2.25. The average molecular weight is 474 g/mol. The number of aryl methyl sites for hydroxylation is 1. The van der Waals surface area contributed by atoms with Crippen molar-refractivity contribution in [1.82, 2.24) is 19.7 Å². The first kappa shape index (κ1) is 24.2. The molecular formula is C27H31N5O3. The lowest BCUT2D eigenvalue weighted by Crippen LogP contribution is -2.29. The Hall–Kier alpha value is -3.91. The summed E-state index contributed by atoms with van der Waals surface area (Å²) < 4.78 is 12.7. The fraction of sp³-hybridized carbons (Fsp3) is 0.296. The molecule has 0 unspecified atom stereocenters. The minimum absolute atomic E-state index is 0.126. The zero-order valence-electron chi connectivity index (χ0n) is 20.4. The average Bonchev–Trinajstić information content (AvgIpc) is 3.22. The Balaban J connectivity index is 1.56. The molecule has 0 saturated carbocycles. The van der Waals surface area contributed by atoms with Gasteiger partial charge in [-0.05, 0) is 48.9 Å². The molecule has 1 aromatic carbocycles. The number of hydrogen-bond donors (Lipinski definition) is 1. The van der Waals surface area contributed by atoms with Crippen molar-refractivity contribution < 1.29 is 14.3 Å². The van der Waals surface area contributed by atoms with E-state index < -0.39 is 0 Å². The summed E-state index contributed by atoms with van der Waals surface area (Å²) in [5.74, 6) is 1.64. The van der Waals surface area contributed by atoms with Crippen molar-refractivity contribution >= 4 is 17.4 Å². The Morgan fingerprint density at radius 1 is 1.09 bits per heavy atom. The van der Waals surface area contributed by atoms with Crippen LogP contribution in [-0.4, -0.2) is 54.2 Å². The number of nitrogens with one attached hydrogen (secondary N) is 1. The maximum Gasteiger partial charge on any atom is 0.252 e. The molecule has 3 aromatic heterocycles. The van der Waals surface area contributed by atoms with Gasteiger partial charge in [-0.25, -0.2) is 4.98 Å². The van der Waals surface area contributed by atoms with E-state index in [1.54, 1.807) is 20.4 Å². The maximum absolute atomic E-state index is 12.9. The summed E-state index contributed by atoms with van der Waals surface area (Å²) in [5, 5.41) is 2.99. The van der Waals surface area contributed by atoms with Crippen molar-refractivity contribution in [3.63, 3.8) is 0 Å². The molecule has 8 heteroatoms. The van der Waals surface area contributed by atoms with E-state index in [2.05, 4.69) is 27.3 Å². The molecule has 0 radical (unpaired) electrons. The lowest BCUT2D eigenvalue weighted by atomic mass is 10.2. The monoisotopic (exact) mass is 473 g/mol. The summed E-state index contributed by atoms with van der Waals surface area (Å²) >= 11 is 0. The highest BCUT2D eigenvalue weighted by Gasteiger charge is 2.18. The molecular weight excluding hydrogens is 442 g/mol. The van der Waals surface area contributed by atoms with E-state index in [-0.39, 0.29) is 5.91 Å². The van der Waals surface area contributed by atoms with Gasteiger partial charge in [0.25, 0.3) is 5.91 Å². The third kappa shape index (κ3) is 5.96. The Labute approximate surface area is 205 Å². The highest BCUT2D eigenvalue weighted by molar-refractivity contribution is 5.94. The number of imidazole rings is 1. The van der Waals surface area contributed by atoms with Crippen LogP contribution in [0.5, 0.6) is 5.75 Å². The van der Waals surface area contributed by atoms with E-state index in [4.69, 9.17) is 14.5 Å². The summed E-state index contributed by atoms with van der Waals surface area (Å²) in [5.41, 5.74) is 4.35. The summed E-state index contributed by atoms with van der Waals surface area (Å²) in [6.07, 6.45) is 4.29. The lowest BCUT2D eigenvalue weighted by molar-refractivity contribution is 0.0953. The Morgan fingerprint density at radius 3 is 2.63 bits per heavy atom. The second-order valence-corrected chi connectivity index (χ2v) is 8.26. The molecule has 3 heterocycles. The SMILES string of the molecule is COCCN(Cc1ccc(OC)cc1)c1c(C)nc2ccc(C(=O)NCCc3ccccn3)cn12. The third-order valence-electron chi connectivity index (χ3n) is 5.81. The minimum Gasteiger partial charge on any atom is -0.497 e. The number of carbonyl (C=O) groups excluding carboxylic acids is 1. The van der Waals surface area contributed by atoms with Gasteiger partial charge in [0.15, 0.2) is 0 Å². The summed E-state index contributed by atoms with van der Waals surface area (Å²) in [7, 11) is 3.36. The molecule has 1 N–H and O–H groups in total. The second kappa shape index (κ2) is 11.5. The number of hydrogen-bond acceptors (Lipinski definition) is 6. The van der Waals surface area contributed by atoms with Gasteiger partial charge >= 0.3 is 0 Å². The van der Waals surface area contributed by atoms with Crippen molar-refractivity contribution in [3.05, 3.63) is 89.5 Å². The molecule has 0 aliphatic heterocycles. The molecule has 1 amide bonds. The van der Waals surface area contributed by atoms with Gasteiger partial charge in [-0.15, -0.1) is 0 Å². The van der Waals surface area contributed by atoms with Gasteiger partial charge in [-0.2, -0.15) is 0 Å². The zero-order chi connectivity index (χ0) is 24.6. The predicted octanol–water partition coefficient (Wildman–Crippen LogP) is 3.67. The molecule has 0 aliphatic rings. The second-order valence-electron chi connectivity index (χ2n) is 8.26. The third-order valence-corrected chi connectivity index (χ3v) is 5.81. The van der Waals surface area contributed by atoms with E-state index in [9.17, 15) is 4.79 Å². The first-order chi connectivity index (χ1) is 17.1. The van der Waals surface area contributed by atoms with Crippen molar-refractivity contribution in [2.75, 3.05) is 38.8 Å². The van der Waals surface area contributed by atoms with Crippen LogP contribution >= 0.6 is 0 Å². The highest BCUT2D eigenvalue weighted by atomic mass is 16.5. The van der Waals surface area contributed by atoms with E-state index in [1.807, 2.05) is 60.0 Å². The minimum atomic E-state index is -0.126. The number of nitrogens with zero attached hydrogens (tertiary/aromatic N) is 4. The molecule has 4 rings (SSSR count). The molecule has 35 heavy (non-hydrogen) atoms. The zero-order valence-corrected chi connectivity index (χ0v) is 20.4. The Kier molecular flexibility index (Phi) is 7.95. The maximum atomic E-state index is 12.9. The molecule has 0 spiro atoms. The van der Waals surface area contributed by atoms with Crippen molar-refractivity contribution in [2.45, 2.75) is 19.9 Å². The van der Waals surface area contributed by atoms with Crippen LogP contribution in [0.1, 0.15) is 27.3 Å². The van der Waals surface area contributed by atoms with Crippen LogP contribution in [0.25, 0.3) is 5.65 Å². The molecule has 182 valence electrons. The van der Waals surface area contributed by atoms with E-state index in [1.165, 1.54) is 0 Å². The first-order valence-electron chi connectivity index (χ1n) is 11.6. The number of amides is 1. The van der Waals surface area contributed by atoms with Crippen LogP contribution in [0.3, 0.4) is 0 Å². The summed E-state index contributed by atoms with van der Waals surface area (Å²) in [4.78, 5) is 24.1. The van der Waals surface area contributed by atoms with Gasteiger partial charge in [-0.1, -0.05) is 18.2 Å². The molecule has 0 fully saturated rings. The van der Waals surface area contributed by atoms with Gasteiger partial charge < -0.3 is 19.7 Å². The van der Waals surface area contributed by atoms with Crippen LogP contribution in [0, 0.1) is 6.92 Å². The largest absolute Gasteiger partial charge is 0.497 e. The van der Waals surface area contributed by atoms with Crippen LogP contribution in [-0.2, 0) is 17.7 Å². The van der Waals surface area contributed by atoms with Crippen LogP contribution in [0.2, 0.25) is 0 Å². The van der Waals surface area contributed by atoms with E-state index in [0.717, 1.165) is 34.2 Å². The molecule has 0 bridgehead atoms. The summed E-state index contributed by atoms with van der Waals surface area (Å²) in [6.45, 7) is 4.42. The number of pyridine rings is 2. The topological polar surface area (TPSA) is 81.0 Å². The Morgan fingerprint density at radius 2 is 1.91 bits per heavy atom. The van der Waals surface area contributed by atoms with Crippen molar-refractivity contribution in [3.8, 4) is 5.75 Å². The van der Waals surface area contributed by atoms with Gasteiger partial charge in [0.1, 0.15) is 17.2 Å². The molecule has 0 aliphatic carbocycles. The normalized spacial score (nSPS) is 10.9. The number of ether oxygens (including phenoxy) is 2. The molecule has 0 saturated heterocycles. The van der Waals surface area contributed by atoms with Gasteiger partial charge in [-0.3, -0.25) is 14.2 Å². The van der Waals surface area contributed by atoms with Crippen molar-refractivity contribution in [1.29, 1.82) is 0 Å². The smallest absolute Gasteiger partial charge is 0.252 e. The van der Waals surface area contributed by atoms with E-state index >= 15 is 0 Å². The number of anilines is 1. The quantitative estimate of drug-likeness (QED) is 0.358. The van der Waals surface area contributed by atoms with Crippen LogP contribution < -0.4 is 15.0 Å². The number of benzene rings is 1. The van der Waals surface area contributed by atoms with Crippen molar-refractivity contribution in [2.24, 2.45) is 0 Å². The fourth-order valence-corrected chi connectivity index (χ4v) is 4.03. The van der Waals surface area contributed by atoms with Crippen LogP contribution in [0.15, 0.2) is 67.0 Å². The van der Waals surface area contributed by atoms with Crippen LogP contribution in [0.4, 0.5) is 5.82 Å².